The third kappa shape index (κ3) is 3.90. The molecule has 0 saturated carbocycles. The van der Waals surface area contributed by atoms with Gasteiger partial charge in [-0.05, 0) is 30.2 Å². The van der Waals surface area contributed by atoms with Gasteiger partial charge in [-0.2, -0.15) is 4.73 Å². The lowest BCUT2D eigenvalue weighted by Crippen LogP contribution is -2.29. The van der Waals surface area contributed by atoms with E-state index in [4.69, 9.17) is 4.74 Å². The first-order chi connectivity index (χ1) is 13.0. The lowest BCUT2D eigenvalue weighted by Gasteiger charge is -2.10. The Morgan fingerprint density at radius 3 is 2.52 bits per heavy atom. The molecule has 0 aliphatic carbocycles. The van der Waals surface area contributed by atoms with Gasteiger partial charge in [0.05, 0.1) is 4.43 Å². The van der Waals surface area contributed by atoms with E-state index in [1.54, 1.807) is 30.3 Å². The second-order valence-electron chi connectivity index (χ2n) is 5.97. The first-order valence-corrected chi connectivity index (χ1v) is 8.33. The maximum absolute atomic E-state index is 12.4. The summed E-state index contributed by atoms with van der Waals surface area (Å²) in [7, 11) is 0. The topological polar surface area (TPSA) is 115 Å². The van der Waals surface area contributed by atoms with E-state index in [-0.39, 0.29) is 41.2 Å². The van der Waals surface area contributed by atoms with E-state index in [0.717, 1.165) is 10.3 Å². The Morgan fingerprint density at radius 2 is 1.81 bits per heavy atom. The molecule has 0 amide bonds. The number of carbonyl (C=O) groups excluding carboxylic acids is 1. The van der Waals surface area contributed by atoms with Crippen LogP contribution in [0.1, 0.15) is 23.4 Å². The van der Waals surface area contributed by atoms with Crippen molar-refractivity contribution in [3.05, 3.63) is 70.4 Å². The highest BCUT2D eigenvalue weighted by Gasteiger charge is 2.25. The van der Waals surface area contributed by atoms with Crippen molar-refractivity contribution < 1.29 is 29.4 Å². The SMILES string of the molecule is O=C(CCc1ccc(O)cc1)OCc1c(CO)[n+](=O)c2ccccc2n1O. The normalized spacial score (nSPS) is 10.9. The predicted molar refractivity (Wildman–Crippen MR) is 94.6 cm³/mol. The zero-order chi connectivity index (χ0) is 19.4. The molecular weight excluding hydrogens is 352 g/mol. The number of carbonyl (C=O) groups is 1. The highest BCUT2D eigenvalue weighted by atomic mass is 16.5. The Kier molecular flexibility index (Phi) is 5.37. The van der Waals surface area contributed by atoms with E-state index in [9.17, 15) is 25.1 Å². The first-order valence-electron chi connectivity index (χ1n) is 8.33. The summed E-state index contributed by atoms with van der Waals surface area (Å²) in [5.41, 5.74) is 1.19. The molecule has 0 atom stereocenters. The molecule has 0 radical (unpaired) electrons. The number of aryl methyl sites for hydroxylation is 1. The number of phenolic OH excluding ortho intramolecular Hbond substituents is 1. The number of hydrogen-bond donors (Lipinski definition) is 3. The van der Waals surface area contributed by atoms with Crippen LogP contribution in [0.4, 0.5) is 0 Å². The summed E-state index contributed by atoms with van der Waals surface area (Å²) in [5.74, 6) is -0.370. The molecule has 3 aromatic rings. The molecule has 0 spiro atoms. The number of benzene rings is 2. The largest absolute Gasteiger partial charge is 0.508 e. The molecule has 0 unspecified atom stereocenters. The maximum atomic E-state index is 12.4. The van der Waals surface area contributed by atoms with E-state index in [1.807, 2.05) is 0 Å². The number of aromatic nitrogens is 2. The molecule has 3 N–H and O–H groups in total. The van der Waals surface area contributed by atoms with E-state index < -0.39 is 12.6 Å². The summed E-state index contributed by atoms with van der Waals surface area (Å²) in [6.45, 7) is -0.969. The molecule has 0 saturated heterocycles. The number of aliphatic hydroxyl groups excluding tert-OH is 1. The minimum absolute atomic E-state index is 0.00387. The average Bonchev–Trinajstić information content (AvgIpc) is 2.69. The van der Waals surface area contributed by atoms with Crippen molar-refractivity contribution >= 4 is 17.0 Å². The lowest BCUT2D eigenvalue weighted by atomic mass is 10.1. The van der Waals surface area contributed by atoms with Crippen LogP contribution in [0, 0.1) is 4.91 Å². The van der Waals surface area contributed by atoms with Crippen LogP contribution >= 0.6 is 0 Å². The number of esters is 1. The fourth-order valence-corrected chi connectivity index (χ4v) is 2.78. The van der Waals surface area contributed by atoms with Crippen molar-refractivity contribution in [2.75, 3.05) is 0 Å². The van der Waals surface area contributed by atoms with Crippen LogP contribution in [0.25, 0.3) is 11.0 Å². The second-order valence-corrected chi connectivity index (χ2v) is 5.97. The number of aromatic hydroxyl groups is 1. The fourth-order valence-electron chi connectivity index (χ4n) is 2.78. The van der Waals surface area contributed by atoms with Crippen LogP contribution in [-0.2, 0) is 29.2 Å². The van der Waals surface area contributed by atoms with Crippen LogP contribution in [0.5, 0.6) is 5.75 Å². The standard InChI is InChI=1S/C19H18N2O6/c22-11-17-18(21(26)16-4-2-1-3-15(16)20(17)25)12-27-19(24)10-7-13-5-8-14(23)9-6-13/h1-6,8-9,22,26H,7,10-12H2/p+1. The Bertz CT molecular complexity index is 1030. The molecule has 1 heterocycles. The van der Waals surface area contributed by atoms with Gasteiger partial charge < -0.3 is 20.2 Å². The quantitative estimate of drug-likeness (QED) is 0.345. The number of aliphatic hydroxyl groups is 1. The molecule has 140 valence electrons. The number of nitrogens with zero attached hydrogens (tertiary/aromatic N) is 2. The number of hydrogen-bond acceptors (Lipinski definition) is 6. The molecule has 27 heavy (non-hydrogen) atoms. The Morgan fingerprint density at radius 1 is 1.11 bits per heavy atom. The molecule has 8 nitrogen and oxygen atoms in total. The van der Waals surface area contributed by atoms with Gasteiger partial charge in [0.2, 0.25) is 0 Å². The third-order valence-electron chi connectivity index (χ3n) is 4.24. The summed E-state index contributed by atoms with van der Waals surface area (Å²) in [6, 6.07) is 12.8. The van der Waals surface area contributed by atoms with Crippen molar-refractivity contribution in [3.63, 3.8) is 0 Å². The number of rotatable bonds is 6. The molecule has 0 bridgehead atoms. The van der Waals surface area contributed by atoms with Crippen LogP contribution < -0.4 is 4.43 Å². The molecule has 0 aliphatic rings. The highest BCUT2D eigenvalue weighted by Crippen LogP contribution is 2.16. The van der Waals surface area contributed by atoms with Crippen LogP contribution in [0.3, 0.4) is 0 Å². The third-order valence-corrected chi connectivity index (χ3v) is 4.24. The van der Waals surface area contributed by atoms with Crippen LogP contribution in [0.15, 0.2) is 48.5 Å². The molecule has 8 heteroatoms. The number of phenols is 1. The zero-order valence-electron chi connectivity index (χ0n) is 14.4. The minimum Gasteiger partial charge on any atom is -0.508 e. The molecular formula is C19H19N2O6+. The van der Waals surface area contributed by atoms with E-state index in [1.165, 1.54) is 18.2 Å². The summed E-state index contributed by atoms with van der Waals surface area (Å²) in [4.78, 5) is 24.4. The second kappa shape index (κ2) is 7.88. The van der Waals surface area contributed by atoms with Gasteiger partial charge in [0.1, 0.15) is 19.0 Å². The van der Waals surface area contributed by atoms with Gasteiger partial charge in [-0.15, -0.1) is 0 Å². The smallest absolute Gasteiger partial charge is 0.306 e. The van der Waals surface area contributed by atoms with Gasteiger partial charge in [0, 0.05) is 17.4 Å². The van der Waals surface area contributed by atoms with E-state index in [0.29, 0.717) is 10.8 Å². The van der Waals surface area contributed by atoms with Crippen molar-refractivity contribution in [3.8, 4) is 5.75 Å². The van der Waals surface area contributed by atoms with E-state index >= 15 is 0 Å². The van der Waals surface area contributed by atoms with Gasteiger partial charge in [-0.3, -0.25) is 4.79 Å². The summed E-state index contributed by atoms with van der Waals surface area (Å²) in [5, 5.41) is 29.1. The fraction of sp³-hybridized carbons (Fsp3) is 0.211. The van der Waals surface area contributed by atoms with Gasteiger partial charge in [-0.25, -0.2) is 0 Å². The number of para-hydroxylation sites is 2. The Hall–Kier alpha value is -3.39. The predicted octanol–water partition coefficient (Wildman–Crippen LogP) is 1.67. The van der Waals surface area contributed by atoms with E-state index in [2.05, 4.69) is 0 Å². The number of fused-ring (bicyclic) bond motifs is 1. The first kappa shape index (κ1) is 18.4. The summed E-state index contributed by atoms with van der Waals surface area (Å²) < 4.78 is 6.44. The minimum atomic E-state index is -0.616. The van der Waals surface area contributed by atoms with Crippen LogP contribution in [0.2, 0.25) is 0 Å². The van der Waals surface area contributed by atoms with Gasteiger partial charge in [-0.1, -0.05) is 24.3 Å². The van der Waals surface area contributed by atoms with Gasteiger partial charge in [0.25, 0.3) is 11.2 Å². The highest BCUT2D eigenvalue weighted by molar-refractivity contribution is 5.72. The van der Waals surface area contributed by atoms with Gasteiger partial charge >= 0.3 is 5.97 Å². The van der Waals surface area contributed by atoms with Crippen molar-refractivity contribution in [1.82, 2.24) is 4.73 Å². The molecule has 1 aromatic heterocycles. The summed E-state index contributed by atoms with van der Waals surface area (Å²) in [6.07, 6.45) is 0.514. The summed E-state index contributed by atoms with van der Waals surface area (Å²) >= 11 is 0. The Labute approximate surface area is 154 Å². The van der Waals surface area contributed by atoms with Crippen molar-refractivity contribution in [2.45, 2.75) is 26.1 Å². The maximum Gasteiger partial charge on any atom is 0.306 e. The van der Waals surface area contributed by atoms with Crippen molar-refractivity contribution in [1.29, 1.82) is 0 Å². The monoisotopic (exact) mass is 371 g/mol. The van der Waals surface area contributed by atoms with Crippen molar-refractivity contribution in [2.24, 2.45) is 0 Å². The Balaban J connectivity index is 1.74. The zero-order valence-corrected chi connectivity index (χ0v) is 14.4. The van der Waals surface area contributed by atoms with Crippen LogP contribution in [-0.4, -0.2) is 26.1 Å². The molecule has 2 aromatic carbocycles. The molecule has 3 rings (SSSR count). The number of ether oxygens (including phenoxy) is 1. The molecule has 0 fully saturated rings. The molecule has 0 aliphatic heterocycles. The average molecular weight is 371 g/mol. The van der Waals surface area contributed by atoms with Gasteiger partial charge in [0.15, 0.2) is 11.2 Å². The lowest BCUT2D eigenvalue weighted by molar-refractivity contribution is -0.480.